The van der Waals surface area contributed by atoms with E-state index in [1.165, 1.54) is 25.3 Å². The van der Waals surface area contributed by atoms with Gasteiger partial charge in [-0.2, -0.15) is 0 Å². The molecule has 0 aromatic heterocycles. The van der Waals surface area contributed by atoms with Gasteiger partial charge >= 0.3 is 5.97 Å². The Kier molecular flexibility index (Phi) is 3.95. The quantitative estimate of drug-likeness (QED) is 0.776. The van der Waals surface area contributed by atoms with E-state index in [0.29, 0.717) is 17.9 Å². The number of hydrogen-bond donors (Lipinski definition) is 1. The Labute approximate surface area is 104 Å². The number of halogens is 2. The van der Waals surface area contributed by atoms with Crippen molar-refractivity contribution in [1.29, 1.82) is 0 Å². The molecule has 4 nitrogen and oxygen atoms in total. The highest BCUT2D eigenvalue weighted by molar-refractivity contribution is 5.85. The maximum absolute atomic E-state index is 13.1. The van der Waals surface area contributed by atoms with Crippen molar-refractivity contribution in [2.45, 2.75) is 12.0 Å². The van der Waals surface area contributed by atoms with E-state index in [9.17, 15) is 9.18 Å². The van der Waals surface area contributed by atoms with Crippen LogP contribution in [0.2, 0.25) is 0 Å². The molecule has 17 heavy (non-hydrogen) atoms. The summed E-state index contributed by atoms with van der Waals surface area (Å²) in [7, 11) is 1.26. The first-order valence-electron chi connectivity index (χ1n) is 4.88. The molecular weight excluding hydrogens is 249 g/mol. The van der Waals surface area contributed by atoms with Crippen molar-refractivity contribution >= 4 is 18.4 Å². The molecule has 94 valence electrons. The van der Waals surface area contributed by atoms with Gasteiger partial charge in [-0.1, -0.05) is 0 Å². The molecule has 1 aromatic carbocycles. The van der Waals surface area contributed by atoms with Gasteiger partial charge in [0.05, 0.1) is 13.7 Å². The van der Waals surface area contributed by atoms with Crippen molar-refractivity contribution < 1.29 is 18.7 Å². The zero-order chi connectivity index (χ0) is 11.8. The number of methoxy groups -OCH3 is 1. The maximum atomic E-state index is 13.1. The molecule has 1 heterocycles. The Morgan fingerprint density at radius 2 is 2.29 bits per heavy atom. The molecule has 0 fully saturated rings. The van der Waals surface area contributed by atoms with Gasteiger partial charge in [0.1, 0.15) is 17.1 Å². The van der Waals surface area contributed by atoms with Crippen LogP contribution < -0.4 is 10.5 Å². The van der Waals surface area contributed by atoms with Crippen LogP contribution in [0.25, 0.3) is 0 Å². The highest BCUT2D eigenvalue weighted by Crippen LogP contribution is 2.36. The summed E-state index contributed by atoms with van der Waals surface area (Å²) in [4.78, 5) is 11.6. The molecule has 1 aliphatic rings. The molecule has 1 unspecified atom stereocenters. The minimum atomic E-state index is -1.32. The molecule has 0 saturated carbocycles. The lowest BCUT2D eigenvalue weighted by molar-refractivity contribution is -0.148. The number of carbonyl (C=O) groups excluding carboxylic acids is 1. The molecule has 6 heteroatoms. The largest absolute Gasteiger partial charge is 0.493 e. The normalized spacial score (nSPS) is 21.8. The highest BCUT2D eigenvalue weighted by atomic mass is 35.5. The SMILES string of the molecule is COC(=O)C1(N)CCOc2ccc(F)cc21.Cl. The Morgan fingerprint density at radius 1 is 1.59 bits per heavy atom. The van der Waals surface area contributed by atoms with Crippen LogP contribution >= 0.6 is 12.4 Å². The molecule has 0 bridgehead atoms. The highest BCUT2D eigenvalue weighted by Gasteiger charge is 2.42. The van der Waals surface area contributed by atoms with E-state index in [4.69, 9.17) is 10.5 Å². The number of esters is 1. The molecule has 0 aliphatic carbocycles. The van der Waals surface area contributed by atoms with Crippen molar-refractivity contribution in [3.05, 3.63) is 29.6 Å². The molecule has 0 amide bonds. The van der Waals surface area contributed by atoms with Gasteiger partial charge < -0.3 is 15.2 Å². The molecule has 2 rings (SSSR count). The number of fused-ring (bicyclic) bond motifs is 1. The van der Waals surface area contributed by atoms with E-state index in [-0.39, 0.29) is 18.8 Å². The molecule has 2 N–H and O–H groups in total. The topological polar surface area (TPSA) is 61.5 Å². The van der Waals surface area contributed by atoms with Gasteiger partial charge in [0.25, 0.3) is 0 Å². The number of carbonyl (C=O) groups is 1. The van der Waals surface area contributed by atoms with Gasteiger partial charge in [-0.15, -0.1) is 12.4 Å². The summed E-state index contributed by atoms with van der Waals surface area (Å²) in [5, 5.41) is 0. The molecule has 0 radical (unpaired) electrons. The molecule has 0 saturated heterocycles. The zero-order valence-electron chi connectivity index (χ0n) is 9.23. The second kappa shape index (κ2) is 4.89. The Hall–Kier alpha value is -1.33. The summed E-state index contributed by atoms with van der Waals surface area (Å²) >= 11 is 0. The van der Waals surface area contributed by atoms with Crippen LogP contribution in [0.4, 0.5) is 4.39 Å². The summed E-state index contributed by atoms with van der Waals surface area (Å²) in [5.41, 5.74) is 5.00. The Morgan fingerprint density at radius 3 is 2.94 bits per heavy atom. The monoisotopic (exact) mass is 261 g/mol. The van der Waals surface area contributed by atoms with Gasteiger partial charge in [-0.3, -0.25) is 0 Å². The number of nitrogens with two attached hydrogens (primary N) is 1. The fraction of sp³-hybridized carbons (Fsp3) is 0.364. The smallest absolute Gasteiger partial charge is 0.330 e. The van der Waals surface area contributed by atoms with E-state index >= 15 is 0 Å². The van der Waals surface area contributed by atoms with Crippen LogP contribution in [0.1, 0.15) is 12.0 Å². The van der Waals surface area contributed by atoms with Gasteiger partial charge in [0.15, 0.2) is 0 Å². The van der Waals surface area contributed by atoms with E-state index in [1.807, 2.05) is 0 Å². The van der Waals surface area contributed by atoms with E-state index < -0.39 is 17.3 Å². The van der Waals surface area contributed by atoms with Gasteiger partial charge in [-0.05, 0) is 18.2 Å². The first kappa shape index (κ1) is 13.7. The maximum Gasteiger partial charge on any atom is 0.330 e. The third kappa shape index (κ3) is 2.21. The Bertz CT molecular complexity index is 441. The summed E-state index contributed by atoms with van der Waals surface area (Å²) in [6, 6.07) is 3.95. The average Bonchev–Trinajstić information content (AvgIpc) is 2.29. The van der Waals surface area contributed by atoms with Gasteiger partial charge in [0.2, 0.25) is 0 Å². The van der Waals surface area contributed by atoms with Crippen molar-refractivity contribution in [2.24, 2.45) is 5.73 Å². The second-order valence-corrected chi connectivity index (χ2v) is 3.70. The standard InChI is InChI=1S/C11H12FNO3.ClH/c1-15-10(14)11(13)4-5-16-9-3-2-7(12)6-8(9)11;/h2-3,6H,4-5,13H2,1H3;1H. The van der Waals surface area contributed by atoms with Gasteiger partial charge in [-0.25, -0.2) is 9.18 Å². The van der Waals surface area contributed by atoms with E-state index in [2.05, 4.69) is 4.74 Å². The van der Waals surface area contributed by atoms with Crippen molar-refractivity contribution in [3.8, 4) is 5.75 Å². The number of ether oxygens (including phenoxy) is 2. The predicted octanol–water partition coefficient (Wildman–Crippen LogP) is 1.36. The van der Waals surface area contributed by atoms with Gasteiger partial charge in [0, 0.05) is 12.0 Å². The number of benzene rings is 1. The van der Waals surface area contributed by atoms with Crippen LogP contribution in [-0.4, -0.2) is 19.7 Å². The van der Waals surface area contributed by atoms with E-state index in [0.717, 1.165) is 0 Å². The number of rotatable bonds is 1. The lowest BCUT2D eigenvalue weighted by atomic mass is 9.85. The molecule has 1 aliphatic heterocycles. The number of hydrogen-bond acceptors (Lipinski definition) is 4. The summed E-state index contributed by atoms with van der Waals surface area (Å²) in [5.74, 6) is -0.605. The fourth-order valence-electron chi connectivity index (χ4n) is 1.83. The van der Waals surface area contributed by atoms with Crippen molar-refractivity contribution in [1.82, 2.24) is 0 Å². The summed E-state index contributed by atoms with van der Waals surface area (Å²) < 4.78 is 23.1. The third-order valence-electron chi connectivity index (χ3n) is 2.73. The fourth-order valence-corrected chi connectivity index (χ4v) is 1.83. The lowest BCUT2D eigenvalue weighted by Gasteiger charge is -2.32. The minimum absolute atomic E-state index is 0. The molecule has 1 atom stereocenters. The van der Waals surface area contributed by atoms with Crippen LogP contribution in [0.5, 0.6) is 5.75 Å². The third-order valence-corrected chi connectivity index (χ3v) is 2.73. The summed E-state index contributed by atoms with van der Waals surface area (Å²) in [6.45, 7) is 0.310. The predicted molar refractivity (Wildman–Crippen MR) is 61.6 cm³/mol. The lowest BCUT2D eigenvalue weighted by Crippen LogP contribution is -2.49. The average molecular weight is 262 g/mol. The molecular formula is C11H13ClFNO3. The van der Waals surface area contributed by atoms with E-state index in [1.54, 1.807) is 0 Å². The first-order valence-corrected chi connectivity index (χ1v) is 4.88. The molecule has 0 spiro atoms. The Balaban J connectivity index is 0.00000144. The van der Waals surface area contributed by atoms with Crippen LogP contribution in [-0.2, 0) is 15.1 Å². The van der Waals surface area contributed by atoms with Crippen LogP contribution in [0.15, 0.2) is 18.2 Å². The molecule has 1 aromatic rings. The second-order valence-electron chi connectivity index (χ2n) is 3.70. The zero-order valence-corrected chi connectivity index (χ0v) is 10.1. The van der Waals surface area contributed by atoms with Crippen LogP contribution in [0.3, 0.4) is 0 Å². The van der Waals surface area contributed by atoms with Crippen LogP contribution in [0, 0.1) is 5.82 Å². The van der Waals surface area contributed by atoms with Crippen molar-refractivity contribution in [3.63, 3.8) is 0 Å². The summed E-state index contributed by atoms with van der Waals surface area (Å²) in [6.07, 6.45) is 0.274. The minimum Gasteiger partial charge on any atom is -0.493 e. The van der Waals surface area contributed by atoms with Crippen molar-refractivity contribution in [2.75, 3.05) is 13.7 Å². The first-order chi connectivity index (χ1) is 7.58.